The van der Waals surface area contributed by atoms with Crippen LogP contribution in [-0.4, -0.2) is 60.6 Å². The number of nitrogens with one attached hydrogen (secondary N) is 4. The van der Waals surface area contributed by atoms with Crippen LogP contribution in [0.2, 0.25) is 0 Å². The molecule has 0 fully saturated rings. The molecule has 3 aromatic carbocycles. The molecule has 12 heteroatoms. The molecule has 1 aliphatic heterocycles. The molecular formula is C37H46N4O8. The number of benzene rings is 3. The lowest BCUT2D eigenvalue weighted by Gasteiger charge is -2.25. The number of ether oxygens (including phenoxy) is 3. The number of para-hydroxylation sites is 1. The average Bonchev–Trinajstić information content (AvgIpc) is 3.37. The lowest BCUT2D eigenvalue weighted by Crippen LogP contribution is -2.55. The second-order valence-electron chi connectivity index (χ2n) is 12.5. The molecule has 4 amide bonds. The van der Waals surface area contributed by atoms with Crippen molar-refractivity contribution in [1.29, 1.82) is 0 Å². The van der Waals surface area contributed by atoms with Gasteiger partial charge in [-0.2, -0.15) is 0 Å². The van der Waals surface area contributed by atoms with Crippen molar-refractivity contribution in [3.05, 3.63) is 95.6 Å². The van der Waals surface area contributed by atoms with E-state index in [1.54, 1.807) is 69.3 Å². The fourth-order valence-corrected chi connectivity index (χ4v) is 5.14. The Kier molecular flexibility index (Phi) is 13.3. The molecule has 4 atom stereocenters. The standard InChI is InChI=1S/C36H42N4O8.CH4/c1-22(31(41)39-30(34(44)46-5)20-27-26-13-9-10-14-28(26)38-32(27)42)37-33(43)29(40-35(45)48-36(2,3)4)19-23-15-17-25(18-16-23)47-21-24-11-7-6-8-12-24;/h6-18,22,27,29-30H,19-21H2,1-5H3,(H,37,43)(H,38,42)(H,39,41)(H,40,45);1H4/t22-,27?,29+,30+;/m1./s1. The fraction of sp³-hybridized carbons (Fsp3) is 0.378. The summed E-state index contributed by atoms with van der Waals surface area (Å²) in [7, 11) is 1.18. The van der Waals surface area contributed by atoms with Crippen LogP contribution in [0.3, 0.4) is 0 Å². The van der Waals surface area contributed by atoms with Gasteiger partial charge in [0.2, 0.25) is 17.7 Å². The Bertz CT molecular complexity index is 1600. The molecule has 1 heterocycles. The summed E-state index contributed by atoms with van der Waals surface area (Å²) in [5, 5.41) is 10.6. The van der Waals surface area contributed by atoms with Gasteiger partial charge in [0.05, 0.1) is 13.0 Å². The van der Waals surface area contributed by atoms with E-state index in [-0.39, 0.29) is 26.2 Å². The number of anilines is 1. The molecule has 3 aromatic rings. The number of rotatable bonds is 13. The Morgan fingerprint density at radius 1 is 0.816 bits per heavy atom. The van der Waals surface area contributed by atoms with Crippen molar-refractivity contribution in [2.24, 2.45) is 0 Å². The monoisotopic (exact) mass is 674 g/mol. The van der Waals surface area contributed by atoms with Crippen LogP contribution in [0.4, 0.5) is 10.5 Å². The summed E-state index contributed by atoms with van der Waals surface area (Å²) >= 11 is 0. The zero-order valence-electron chi connectivity index (χ0n) is 27.7. The van der Waals surface area contributed by atoms with E-state index in [2.05, 4.69) is 21.3 Å². The highest BCUT2D eigenvalue weighted by Crippen LogP contribution is 2.35. The third kappa shape index (κ3) is 11.1. The Balaban J connectivity index is 0.00000650. The maximum Gasteiger partial charge on any atom is 0.408 e. The van der Waals surface area contributed by atoms with Crippen LogP contribution in [-0.2, 0) is 41.7 Å². The molecule has 0 radical (unpaired) electrons. The van der Waals surface area contributed by atoms with Gasteiger partial charge in [0.25, 0.3) is 0 Å². The van der Waals surface area contributed by atoms with E-state index in [4.69, 9.17) is 14.2 Å². The zero-order valence-corrected chi connectivity index (χ0v) is 27.7. The smallest absolute Gasteiger partial charge is 0.408 e. The van der Waals surface area contributed by atoms with Crippen molar-refractivity contribution in [2.75, 3.05) is 12.4 Å². The molecule has 0 spiro atoms. The van der Waals surface area contributed by atoms with Crippen molar-refractivity contribution in [3.8, 4) is 5.75 Å². The molecule has 0 saturated heterocycles. The summed E-state index contributed by atoms with van der Waals surface area (Å²) in [6, 6.07) is 20.5. The van der Waals surface area contributed by atoms with Gasteiger partial charge in [-0.05, 0) is 69.0 Å². The lowest BCUT2D eigenvalue weighted by molar-refractivity contribution is -0.145. The lowest BCUT2D eigenvalue weighted by atomic mass is 9.93. The van der Waals surface area contributed by atoms with Crippen LogP contribution < -0.4 is 26.0 Å². The number of hydrogen-bond donors (Lipinski definition) is 4. The van der Waals surface area contributed by atoms with E-state index >= 15 is 0 Å². The van der Waals surface area contributed by atoms with Crippen LogP contribution in [0.25, 0.3) is 0 Å². The largest absolute Gasteiger partial charge is 0.489 e. The first kappa shape index (κ1) is 38.1. The minimum atomic E-state index is -1.16. The fourth-order valence-electron chi connectivity index (χ4n) is 5.14. The molecule has 1 aliphatic rings. The number of fused-ring (bicyclic) bond motifs is 1. The van der Waals surface area contributed by atoms with Crippen molar-refractivity contribution in [1.82, 2.24) is 16.0 Å². The molecule has 4 rings (SSSR count). The molecular weight excluding hydrogens is 628 g/mol. The molecule has 0 aliphatic carbocycles. The first-order valence-corrected chi connectivity index (χ1v) is 15.7. The number of alkyl carbamates (subject to hydrolysis) is 1. The topological polar surface area (TPSA) is 161 Å². The highest BCUT2D eigenvalue weighted by molar-refractivity contribution is 6.03. The van der Waals surface area contributed by atoms with Gasteiger partial charge in [-0.15, -0.1) is 0 Å². The second-order valence-corrected chi connectivity index (χ2v) is 12.5. The van der Waals surface area contributed by atoms with E-state index in [9.17, 15) is 24.0 Å². The quantitative estimate of drug-likeness (QED) is 0.191. The van der Waals surface area contributed by atoms with Crippen molar-refractivity contribution in [2.45, 2.75) is 84.2 Å². The number of esters is 1. The highest BCUT2D eigenvalue weighted by atomic mass is 16.6. The number of carbonyl (C=O) groups excluding carboxylic acids is 5. The van der Waals surface area contributed by atoms with Gasteiger partial charge in [0, 0.05) is 12.1 Å². The second kappa shape index (κ2) is 17.1. The predicted molar refractivity (Wildman–Crippen MR) is 185 cm³/mol. The van der Waals surface area contributed by atoms with Crippen LogP contribution in [0.5, 0.6) is 5.75 Å². The Morgan fingerprint density at radius 3 is 2.12 bits per heavy atom. The Hall–Kier alpha value is -5.39. The van der Waals surface area contributed by atoms with E-state index in [0.717, 1.165) is 11.1 Å². The minimum Gasteiger partial charge on any atom is -0.489 e. The van der Waals surface area contributed by atoms with Crippen molar-refractivity contribution < 1.29 is 38.2 Å². The molecule has 262 valence electrons. The molecule has 0 bridgehead atoms. The third-order valence-corrected chi connectivity index (χ3v) is 7.56. The average molecular weight is 675 g/mol. The molecule has 0 saturated carbocycles. The van der Waals surface area contributed by atoms with Crippen molar-refractivity contribution >= 4 is 35.5 Å². The minimum absolute atomic E-state index is 0. The molecule has 4 N–H and O–H groups in total. The first-order chi connectivity index (χ1) is 22.8. The zero-order chi connectivity index (χ0) is 34.8. The van der Waals surface area contributed by atoms with Crippen molar-refractivity contribution in [3.63, 3.8) is 0 Å². The first-order valence-electron chi connectivity index (χ1n) is 15.7. The van der Waals surface area contributed by atoms with Crippen LogP contribution in [0, 0.1) is 0 Å². The number of methoxy groups -OCH3 is 1. The SMILES string of the molecule is C.COC(=O)[C@H](CC1C(=O)Nc2ccccc21)NC(=O)[C@@H](C)NC(=O)[C@H](Cc1ccc(OCc2ccccc2)cc1)NC(=O)OC(C)(C)C. The van der Waals surface area contributed by atoms with Gasteiger partial charge in [0.15, 0.2) is 0 Å². The van der Waals surface area contributed by atoms with Gasteiger partial charge < -0.3 is 35.5 Å². The van der Waals surface area contributed by atoms with Gasteiger partial charge in [-0.3, -0.25) is 14.4 Å². The number of carbonyl (C=O) groups is 5. The highest BCUT2D eigenvalue weighted by Gasteiger charge is 2.36. The Morgan fingerprint density at radius 2 is 1.47 bits per heavy atom. The molecule has 0 aromatic heterocycles. The summed E-state index contributed by atoms with van der Waals surface area (Å²) in [5.41, 5.74) is 2.27. The van der Waals surface area contributed by atoms with E-state index < -0.39 is 53.5 Å². The van der Waals surface area contributed by atoms with Crippen LogP contribution in [0.15, 0.2) is 78.9 Å². The van der Waals surface area contributed by atoms with Gasteiger partial charge in [-0.25, -0.2) is 9.59 Å². The van der Waals surface area contributed by atoms with Crippen LogP contribution >= 0.6 is 0 Å². The van der Waals surface area contributed by atoms with E-state index in [1.807, 2.05) is 30.3 Å². The predicted octanol–water partition coefficient (Wildman–Crippen LogP) is 4.63. The van der Waals surface area contributed by atoms with Gasteiger partial charge in [-0.1, -0.05) is 68.1 Å². The van der Waals surface area contributed by atoms with Gasteiger partial charge in [0.1, 0.15) is 36.1 Å². The normalized spacial score (nSPS) is 15.2. The van der Waals surface area contributed by atoms with Gasteiger partial charge >= 0.3 is 12.1 Å². The summed E-state index contributed by atoms with van der Waals surface area (Å²) in [6.07, 6.45) is -0.765. The summed E-state index contributed by atoms with van der Waals surface area (Å²) in [6.45, 7) is 6.95. The summed E-state index contributed by atoms with van der Waals surface area (Å²) < 4.78 is 16.1. The third-order valence-electron chi connectivity index (χ3n) is 7.56. The Labute approximate surface area is 287 Å². The number of hydrogen-bond acceptors (Lipinski definition) is 8. The number of amides is 4. The summed E-state index contributed by atoms with van der Waals surface area (Å²) in [4.78, 5) is 64.8. The van der Waals surface area contributed by atoms with E-state index in [1.165, 1.54) is 14.0 Å². The summed E-state index contributed by atoms with van der Waals surface area (Å²) in [5.74, 6) is -2.42. The molecule has 1 unspecified atom stereocenters. The molecule has 12 nitrogen and oxygen atoms in total. The molecule has 49 heavy (non-hydrogen) atoms. The van der Waals surface area contributed by atoms with Crippen LogP contribution in [0.1, 0.15) is 64.2 Å². The maximum atomic E-state index is 13.5. The maximum absolute atomic E-state index is 13.5. The van der Waals surface area contributed by atoms with E-state index in [0.29, 0.717) is 23.6 Å².